The van der Waals surface area contributed by atoms with E-state index in [0.717, 1.165) is 50.9 Å². The van der Waals surface area contributed by atoms with Crippen LogP contribution in [0.3, 0.4) is 0 Å². The van der Waals surface area contributed by atoms with Crippen molar-refractivity contribution in [3.05, 3.63) is 78.8 Å². The highest BCUT2D eigenvalue weighted by molar-refractivity contribution is 5.93. The summed E-state index contributed by atoms with van der Waals surface area (Å²) in [6, 6.07) is 22.6. The van der Waals surface area contributed by atoms with Crippen LogP contribution in [0.1, 0.15) is 25.8 Å². The Hall–Kier alpha value is -4.06. The maximum atomic E-state index is 5.63. The number of ether oxygens (including phenoxy) is 1. The van der Waals surface area contributed by atoms with Crippen LogP contribution < -0.4 is 10.1 Å². The van der Waals surface area contributed by atoms with E-state index < -0.39 is 0 Å². The number of hydrogen-bond acceptors (Lipinski definition) is 5. The Balaban J connectivity index is 1.54. The zero-order valence-electron chi connectivity index (χ0n) is 19.2. The molecule has 0 atom stereocenters. The van der Waals surface area contributed by atoms with E-state index in [2.05, 4.69) is 53.0 Å². The number of methoxy groups -OCH3 is 1. The number of imidazole rings is 1. The zero-order valence-corrected chi connectivity index (χ0v) is 19.2. The summed E-state index contributed by atoms with van der Waals surface area (Å²) in [5.41, 5.74) is 5.96. The molecule has 6 heteroatoms. The number of nitrogens with one attached hydrogen (secondary N) is 1. The number of anilines is 2. The lowest BCUT2D eigenvalue weighted by molar-refractivity contribution is 0.415. The van der Waals surface area contributed by atoms with Gasteiger partial charge in [0.25, 0.3) is 0 Å². The smallest absolute Gasteiger partial charge is 0.191 e. The van der Waals surface area contributed by atoms with Gasteiger partial charge in [0.05, 0.1) is 24.5 Å². The van der Waals surface area contributed by atoms with Crippen LogP contribution in [-0.2, 0) is 0 Å². The Morgan fingerprint density at radius 3 is 2.45 bits per heavy atom. The van der Waals surface area contributed by atoms with Crippen molar-refractivity contribution >= 4 is 22.4 Å². The van der Waals surface area contributed by atoms with Gasteiger partial charge in [-0.25, -0.2) is 9.97 Å². The van der Waals surface area contributed by atoms with Gasteiger partial charge in [0, 0.05) is 29.8 Å². The molecule has 0 aliphatic rings. The lowest BCUT2D eigenvalue weighted by Crippen LogP contribution is -2.03. The molecule has 5 rings (SSSR count). The summed E-state index contributed by atoms with van der Waals surface area (Å²) in [6.07, 6.45) is 1.75. The van der Waals surface area contributed by atoms with Crippen LogP contribution in [0.4, 0.5) is 11.4 Å². The molecule has 6 nitrogen and oxygen atoms in total. The fraction of sp³-hybridized carbons (Fsp3) is 0.185. The molecule has 0 amide bonds. The molecule has 0 aliphatic carbocycles. The van der Waals surface area contributed by atoms with E-state index in [1.54, 1.807) is 13.3 Å². The number of oxazole rings is 1. The molecule has 3 aromatic carbocycles. The summed E-state index contributed by atoms with van der Waals surface area (Å²) in [5.74, 6) is 3.16. The van der Waals surface area contributed by atoms with E-state index in [0.29, 0.717) is 5.89 Å². The van der Waals surface area contributed by atoms with Crippen molar-refractivity contribution in [1.82, 2.24) is 14.5 Å². The van der Waals surface area contributed by atoms with E-state index in [9.17, 15) is 0 Å². The van der Waals surface area contributed by atoms with Gasteiger partial charge in [-0.05, 0) is 62.4 Å². The van der Waals surface area contributed by atoms with Crippen molar-refractivity contribution in [1.29, 1.82) is 0 Å². The van der Waals surface area contributed by atoms with Crippen molar-refractivity contribution in [3.8, 4) is 28.5 Å². The Kier molecular flexibility index (Phi) is 5.34. The van der Waals surface area contributed by atoms with Crippen LogP contribution in [0.15, 0.2) is 77.3 Å². The maximum absolute atomic E-state index is 5.63. The standard InChI is InChI=1S/C27H26N4O2/c1-17(2)31-24-10-6-9-23(26(24)30-27(31)20-7-5-8-22(15-20)32-4)29-21-13-11-19(12-14-21)25-16-28-18(3)33-25/h5-17,29H,1-4H3. The number of aromatic nitrogens is 3. The van der Waals surface area contributed by atoms with Crippen molar-refractivity contribution in [2.45, 2.75) is 26.8 Å². The van der Waals surface area contributed by atoms with Gasteiger partial charge in [0.15, 0.2) is 11.7 Å². The number of hydrogen-bond donors (Lipinski definition) is 1. The van der Waals surface area contributed by atoms with Gasteiger partial charge in [-0.3, -0.25) is 0 Å². The van der Waals surface area contributed by atoms with E-state index in [1.165, 1.54) is 0 Å². The largest absolute Gasteiger partial charge is 0.497 e. The Bertz CT molecular complexity index is 1410. The molecule has 0 bridgehead atoms. The van der Waals surface area contributed by atoms with Gasteiger partial charge >= 0.3 is 0 Å². The molecule has 2 aromatic heterocycles. The number of rotatable bonds is 6. The monoisotopic (exact) mass is 438 g/mol. The zero-order chi connectivity index (χ0) is 22.9. The second-order valence-corrected chi connectivity index (χ2v) is 8.25. The number of aryl methyl sites for hydroxylation is 1. The third kappa shape index (κ3) is 3.96. The van der Waals surface area contributed by atoms with Crippen molar-refractivity contribution in [3.63, 3.8) is 0 Å². The topological polar surface area (TPSA) is 65.1 Å². The molecule has 166 valence electrons. The molecule has 0 fully saturated rings. The Morgan fingerprint density at radius 1 is 0.970 bits per heavy atom. The van der Waals surface area contributed by atoms with Crippen molar-refractivity contribution in [2.75, 3.05) is 12.4 Å². The highest BCUT2D eigenvalue weighted by Gasteiger charge is 2.18. The minimum absolute atomic E-state index is 0.246. The van der Waals surface area contributed by atoms with Gasteiger partial charge in [-0.2, -0.15) is 0 Å². The lowest BCUT2D eigenvalue weighted by Gasteiger charge is -2.14. The third-order valence-electron chi connectivity index (χ3n) is 5.63. The fourth-order valence-electron chi connectivity index (χ4n) is 4.07. The average molecular weight is 439 g/mol. The van der Waals surface area contributed by atoms with Crippen LogP contribution >= 0.6 is 0 Å². The van der Waals surface area contributed by atoms with Crippen LogP contribution in [0.25, 0.3) is 33.7 Å². The summed E-state index contributed by atoms with van der Waals surface area (Å²) < 4.78 is 13.3. The summed E-state index contributed by atoms with van der Waals surface area (Å²) in [6.45, 7) is 6.19. The van der Waals surface area contributed by atoms with Crippen molar-refractivity contribution in [2.24, 2.45) is 0 Å². The lowest BCUT2D eigenvalue weighted by atomic mass is 10.1. The first-order valence-corrected chi connectivity index (χ1v) is 11.0. The van der Waals surface area contributed by atoms with Crippen LogP contribution in [-0.4, -0.2) is 21.6 Å². The summed E-state index contributed by atoms with van der Waals surface area (Å²) in [4.78, 5) is 9.24. The maximum Gasteiger partial charge on any atom is 0.191 e. The molecule has 0 radical (unpaired) electrons. The van der Waals surface area contributed by atoms with Crippen molar-refractivity contribution < 1.29 is 9.15 Å². The van der Waals surface area contributed by atoms with E-state index in [4.69, 9.17) is 14.1 Å². The molecule has 0 spiro atoms. The minimum atomic E-state index is 0.246. The number of nitrogens with zero attached hydrogens (tertiary/aromatic N) is 3. The highest BCUT2D eigenvalue weighted by atomic mass is 16.5. The van der Waals surface area contributed by atoms with E-state index in [1.807, 2.05) is 49.4 Å². The van der Waals surface area contributed by atoms with Gasteiger partial charge < -0.3 is 19.0 Å². The summed E-state index contributed by atoms with van der Waals surface area (Å²) in [7, 11) is 1.68. The van der Waals surface area contributed by atoms with E-state index in [-0.39, 0.29) is 6.04 Å². The van der Waals surface area contributed by atoms with Gasteiger partial charge in [0.2, 0.25) is 0 Å². The molecule has 33 heavy (non-hydrogen) atoms. The molecule has 0 aliphatic heterocycles. The second kappa shape index (κ2) is 8.47. The molecule has 2 heterocycles. The number of fused-ring (bicyclic) bond motifs is 1. The Morgan fingerprint density at radius 2 is 1.76 bits per heavy atom. The fourth-order valence-corrected chi connectivity index (χ4v) is 4.07. The molecule has 0 unspecified atom stereocenters. The summed E-state index contributed by atoms with van der Waals surface area (Å²) in [5, 5.41) is 3.54. The summed E-state index contributed by atoms with van der Waals surface area (Å²) >= 11 is 0. The number of benzene rings is 3. The molecule has 0 saturated heterocycles. The van der Waals surface area contributed by atoms with Gasteiger partial charge in [-0.15, -0.1) is 0 Å². The number of para-hydroxylation sites is 1. The molecular weight excluding hydrogens is 412 g/mol. The first-order chi connectivity index (χ1) is 16.0. The first-order valence-electron chi connectivity index (χ1n) is 11.0. The minimum Gasteiger partial charge on any atom is -0.497 e. The molecule has 0 saturated carbocycles. The van der Waals surface area contributed by atoms with Gasteiger partial charge in [-0.1, -0.05) is 18.2 Å². The second-order valence-electron chi connectivity index (χ2n) is 8.25. The molecule has 1 N–H and O–H groups in total. The molecule has 5 aromatic rings. The predicted octanol–water partition coefficient (Wildman–Crippen LogP) is 7.00. The van der Waals surface area contributed by atoms with Crippen LogP contribution in [0.2, 0.25) is 0 Å². The van der Waals surface area contributed by atoms with Crippen LogP contribution in [0, 0.1) is 6.92 Å². The van der Waals surface area contributed by atoms with Crippen LogP contribution in [0.5, 0.6) is 5.75 Å². The average Bonchev–Trinajstić information content (AvgIpc) is 3.44. The first kappa shape index (κ1) is 20.8. The Labute approximate surface area is 192 Å². The van der Waals surface area contributed by atoms with Gasteiger partial charge in [0.1, 0.15) is 17.1 Å². The van der Waals surface area contributed by atoms with E-state index >= 15 is 0 Å². The third-order valence-corrected chi connectivity index (χ3v) is 5.63. The quantitative estimate of drug-likeness (QED) is 0.309. The predicted molar refractivity (Wildman–Crippen MR) is 132 cm³/mol. The normalized spacial score (nSPS) is 11.3. The SMILES string of the molecule is COc1cccc(-c2nc3c(Nc4ccc(-c5cnc(C)o5)cc4)cccc3n2C(C)C)c1. The molecular formula is C27H26N4O2. The highest BCUT2D eigenvalue weighted by Crippen LogP contribution is 2.34.